The molecular formula is C14H18Cl2N2O2S2. The minimum Gasteiger partial charge on any atom is -0.314 e. The molecule has 3 rings (SSSR count). The first-order chi connectivity index (χ1) is 9.94. The molecule has 4 nitrogen and oxygen atoms in total. The second-order valence-corrected chi connectivity index (χ2v) is 8.91. The topological polar surface area (TPSA) is 58.2 Å². The van der Waals surface area contributed by atoms with Crippen LogP contribution in [0.15, 0.2) is 28.5 Å². The third-order valence-corrected chi connectivity index (χ3v) is 7.01. The van der Waals surface area contributed by atoms with Crippen LogP contribution in [-0.2, 0) is 10.0 Å². The van der Waals surface area contributed by atoms with E-state index in [2.05, 4.69) is 17.0 Å². The van der Waals surface area contributed by atoms with E-state index in [1.54, 1.807) is 18.2 Å². The van der Waals surface area contributed by atoms with Crippen molar-refractivity contribution in [1.29, 1.82) is 0 Å². The molecule has 2 aromatic rings. The molecule has 0 bridgehead atoms. The summed E-state index contributed by atoms with van der Waals surface area (Å²) in [6.45, 7) is 2.91. The number of hydrogen-bond acceptors (Lipinski definition) is 4. The SMILES string of the molecule is CC1CC(NS(=O)(=O)c2cc3cc(Cl)ccc3s2)CCN1.Cl. The zero-order valence-corrected chi connectivity index (χ0v) is 15.2. The first-order valence-corrected chi connectivity index (χ1v) is 9.56. The second-order valence-electron chi connectivity index (χ2n) is 5.45. The fourth-order valence-corrected chi connectivity index (χ4v) is 5.50. The van der Waals surface area contributed by atoms with E-state index in [0.29, 0.717) is 15.3 Å². The highest BCUT2D eigenvalue weighted by atomic mass is 35.5. The molecule has 2 atom stereocenters. The number of sulfonamides is 1. The largest absolute Gasteiger partial charge is 0.314 e. The number of halogens is 2. The third kappa shape index (κ3) is 3.93. The van der Waals surface area contributed by atoms with Crippen LogP contribution in [0.3, 0.4) is 0 Å². The van der Waals surface area contributed by atoms with Crippen LogP contribution in [0.2, 0.25) is 5.02 Å². The van der Waals surface area contributed by atoms with Crippen LogP contribution in [0.5, 0.6) is 0 Å². The summed E-state index contributed by atoms with van der Waals surface area (Å²) in [5.74, 6) is 0. The average molecular weight is 381 g/mol. The standard InChI is InChI=1S/C14H17ClN2O2S2.ClH/c1-9-6-12(4-5-16-9)17-21(18,19)14-8-10-7-11(15)2-3-13(10)20-14;/h2-3,7-9,12,16-17H,4-6H2,1H3;1H. The Morgan fingerprint density at radius 3 is 2.86 bits per heavy atom. The lowest BCUT2D eigenvalue weighted by molar-refractivity contribution is 0.361. The number of piperidine rings is 1. The number of nitrogens with one attached hydrogen (secondary N) is 2. The lowest BCUT2D eigenvalue weighted by Gasteiger charge is -2.28. The van der Waals surface area contributed by atoms with Crippen molar-refractivity contribution in [2.24, 2.45) is 0 Å². The van der Waals surface area contributed by atoms with Gasteiger partial charge in [0.15, 0.2) is 0 Å². The van der Waals surface area contributed by atoms with E-state index < -0.39 is 10.0 Å². The zero-order chi connectivity index (χ0) is 15.0. The Morgan fingerprint density at radius 1 is 1.36 bits per heavy atom. The van der Waals surface area contributed by atoms with E-state index in [0.717, 1.165) is 29.5 Å². The van der Waals surface area contributed by atoms with E-state index in [9.17, 15) is 8.42 Å². The molecule has 0 spiro atoms. The van der Waals surface area contributed by atoms with Gasteiger partial charge in [-0.2, -0.15) is 0 Å². The highest BCUT2D eigenvalue weighted by Gasteiger charge is 2.25. The summed E-state index contributed by atoms with van der Waals surface area (Å²) in [5.41, 5.74) is 0. The Kier molecular flexibility index (Phi) is 5.74. The van der Waals surface area contributed by atoms with Crippen molar-refractivity contribution in [2.45, 2.75) is 36.1 Å². The van der Waals surface area contributed by atoms with Crippen molar-refractivity contribution in [1.82, 2.24) is 10.0 Å². The van der Waals surface area contributed by atoms with Crippen LogP contribution >= 0.6 is 35.3 Å². The van der Waals surface area contributed by atoms with Crippen LogP contribution in [0.1, 0.15) is 19.8 Å². The van der Waals surface area contributed by atoms with Crippen molar-refractivity contribution in [3.05, 3.63) is 29.3 Å². The molecular weight excluding hydrogens is 363 g/mol. The molecule has 0 aliphatic carbocycles. The molecule has 1 aromatic carbocycles. The quantitative estimate of drug-likeness (QED) is 0.857. The number of benzene rings is 1. The van der Waals surface area contributed by atoms with E-state index in [1.165, 1.54) is 11.3 Å². The molecule has 1 aliphatic heterocycles. The van der Waals surface area contributed by atoms with Gasteiger partial charge in [-0.05, 0) is 56.0 Å². The normalized spacial score (nSPS) is 22.5. The van der Waals surface area contributed by atoms with Gasteiger partial charge in [-0.15, -0.1) is 23.7 Å². The Hall–Kier alpha value is -0.370. The van der Waals surface area contributed by atoms with Crippen molar-refractivity contribution < 1.29 is 8.42 Å². The van der Waals surface area contributed by atoms with E-state index in [1.807, 2.05) is 6.07 Å². The smallest absolute Gasteiger partial charge is 0.250 e. The highest BCUT2D eigenvalue weighted by Crippen LogP contribution is 2.31. The van der Waals surface area contributed by atoms with E-state index in [-0.39, 0.29) is 18.4 Å². The van der Waals surface area contributed by atoms with Gasteiger partial charge < -0.3 is 5.32 Å². The van der Waals surface area contributed by atoms with Crippen molar-refractivity contribution >= 4 is 55.5 Å². The lowest BCUT2D eigenvalue weighted by Crippen LogP contribution is -2.46. The van der Waals surface area contributed by atoms with E-state index >= 15 is 0 Å². The predicted octanol–water partition coefficient (Wildman–Crippen LogP) is 3.40. The van der Waals surface area contributed by atoms with E-state index in [4.69, 9.17) is 11.6 Å². The van der Waals surface area contributed by atoms with Gasteiger partial charge in [0.1, 0.15) is 4.21 Å². The minimum atomic E-state index is -3.46. The minimum absolute atomic E-state index is 0. The van der Waals surface area contributed by atoms with Crippen LogP contribution in [0.4, 0.5) is 0 Å². The van der Waals surface area contributed by atoms with Gasteiger partial charge in [-0.1, -0.05) is 11.6 Å². The van der Waals surface area contributed by atoms with Crippen LogP contribution in [0.25, 0.3) is 10.1 Å². The van der Waals surface area contributed by atoms with Crippen LogP contribution in [-0.4, -0.2) is 27.0 Å². The monoisotopic (exact) mass is 380 g/mol. The molecule has 1 aromatic heterocycles. The number of fused-ring (bicyclic) bond motifs is 1. The summed E-state index contributed by atoms with van der Waals surface area (Å²) in [6.07, 6.45) is 1.64. The molecule has 0 saturated carbocycles. The molecule has 8 heteroatoms. The predicted molar refractivity (Wildman–Crippen MR) is 94.9 cm³/mol. The molecule has 1 fully saturated rings. The summed E-state index contributed by atoms with van der Waals surface area (Å²) in [5, 5.41) is 4.80. The fraction of sp³-hybridized carbons (Fsp3) is 0.429. The Morgan fingerprint density at radius 2 is 2.14 bits per heavy atom. The first-order valence-electron chi connectivity index (χ1n) is 6.89. The summed E-state index contributed by atoms with van der Waals surface area (Å²) in [4.78, 5) is 0. The fourth-order valence-electron chi connectivity index (χ4n) is 2.64. The summed E-state index contributed by atoms with van der Waals surface area (Å²) in [6, 6.07) is 7.46. The van der Waals surface area contributed by atoms with Gasteiger partial charge >= 0.3 is 0 Å². The molecule has 122 valence electrons. The molecule has 2 heterocycles. The third-order valence-electron chi connectivity index (χ3n) is 3.67. The van der Waals surface area contributed by atoms with Gasteiger partial charge in [-0.3, -0.25) is 0 Å². The number of thiophene rings is 1. The average Bonchev–Trinajstić information content (AvgIpc) is 2.82. The molecule has 0 amide bonds. The Balaban J connectivity index is 0.00000176. The van der Waals surface area contributed by atoms with Gasteiger partial charge in [0.05, 0.1) is 0 Å². The zero-order valence-electron chi connectivity index (χ0n) is 12.0. The highest BCUT2D eigenvalue weighted by molar-refractivity contribution is 7.91. The Bertz CT molecular complexity index is 761. The Labute approximate surface area is 145 Å². The van der Waals surface area contributed by atoms with Crippen LogP contribution in [0, 0.1) is 0 Å². The summed E-state index contributed by atoms with van der Waals surface area (Å²) in [7, 11) is -3.46. The van der Waals surface area contributed by atoms with Crippen LogP contribution < -0.4 is 10.0 Å². The first kappa shape index (κ1) is 18.0. The summed E-state index contributed by atoms with van der Waals surface area (Å²) >= 11 is 7.22. The van der Waals surface area contributed by atoms with Crippen molar-refractivity contribution in [3.8, 4) is 0 Å². The molecule has 1 saturated heterocycles. The molecule has 1 aliphatic rings. The molecule has 2 N–H and O–H groups in total. The maximum Gasteiger partial charge on any atom is 0.250 e. The number of hydrogen-bond donors (Lipinski definition) is 2. The maximum atomic E-state index is 12.5. The molecule has 0 radical (unpaired) electrons. The van der Waals surface area contributed by atoms with Crippen molar-refractivity contribution in [2.75, 3.05) is 6.54 Å². The van der Waals surface area contributed by atoms with Gasteiger partial charge in [0, 0.05) is 21.8 Å². The van der Waals surface area contributed by atoms with Gasteiger partial charge in [0.25, 0.3) is 0 Å². The van der Waals surface area contributed by atoms with Gasteiger partial charge in [-0.25, -0.2) is 13.1 Å². The maximum absolute atomic E-state index is 12.5. The lowest BCUT2D eigenvalue weighted by atomic mass is 10.0. The summed E-state index contributed by atoms with van der Waals surface area (Å²) < 4.78 is 29.1. The number of rotatable bonds is 3. The molecule has 2 unspecified atom stereocenters. The second kappa shape index (κ2) is 7.03. The molecule has 22 heavy (non-hydrogen) atoms. The van der Waals surface area contributed by atoms with Gasteiger partial charge in [0.2, 0.25) is 10.0 Å². The van der Waals surface area contributed by atoms with Crippen molar-refractivity contribution in [3.63, 3.8) is 0 Å².